The van der Waals surface area contributed by atoms with Crippen molar-refractivity contribution in [3.8, 4) is 0 Å². The van der Waals surface area contributed by atoms with E-state index in [0.29, 0.717) is 0 Å². The number of hydrogen-bond acceptors (Lipinski definition) is 2. The van der Waals surface area contributed by atoms with Gasteiger partial charge in [0.1, 0.15) is 12.4 Å². The van der Waals surface area contributed by atoms with Crippen LogP contribution in [0.3, 0.4) is 0 Å². The molecule has 0 spiro atoms. The largest absolute Gasteiger partial charge is 0.492 e. The molecular weight excluding hydrogens is 186 g/mol. The number of ether oxygens (including phenoxy) is 1. The zero-order chi connectivity index (χ0) is 10.9. The topological polar surface area (TPSA) is 12.5 Å². The van der Waals surface area contributed by atoms with Crippen molar-refractivity contribution in [1.29, 1.82) is 0 Å². The first kappa shape index (κ1) is 10.5. The van der Waals surface area contributed by atoms with Gasteiger partial charge in [-0.05, 0) is 13.1 Å². The average molecular weight is 205 g/mol. The van der Waals surface area contributed by atoms with Crippen molar-refractivity contribution in [3.63, 3.8) is 0 Å². The van der Waals surface area contributed by atoms with Gasteiger partial charge in [0.05, 0.1) is 0 Å². The fraction of sp³-hybridized carbons (Fsp3) is 0.538. The van der Waals surface area contributed by atoms with Gasteiger partial charge in [0, 0.05) is 24.1 Å². The Labute approximate surface area is 91.9 Å². The quantitative estimate of drug-likeness (QED) is 0.602. The molecule has 0 fully saturated rings. The van der Waals surface area contributed by atoms with Gasteiger partial charge in [-0.1, -0.05) is 32.1 Å². The summed E-state index contributed by atoms with van der Waals surface area (Å²) in [5, 5.41) is 0. The summed E-state index contributed by atoms with van der Waals surface area (Å²) < 4.78 is 5.75. The van der Waals surface area contributed by atoms with Crippen LogP contribution in [0.25, 0.3) is 0 Å². The molecule has 0 N–H and O–H groups in total. The Bertz CT molecular complexity index is 336. The molecule has 1 heterocycles. The van der Waals surface area contributed by atoms with Crippen LogP contribution in [-0.2, 0) is 4.74 Å². The number of likely N-dealkylation sites (N-methyl/N-ethyl adjacent to an activating group) is 1. The molecule has 2 nitrogen and oxygen atoms in total. The molecule has 0 atom stereocenters. The molecule has 0 aromatic carbocycles. The van der Waals surface area contributed by atoms with Crippen LogP contribution in [0.4, 0.5) is 0 Å². The first-order valence-electron chi connectivity index (χ1n) is 5.50. The summed E-state index contributed by atoms with van der Waals surface area (Å²) in [4.78, 5) is 2.29. The zero-order valence-corrected chi connectivity index (χ0v) is 9.79. The molecule has 15 heavy (non-hydrogen) atoms. The van der Waals surface area contributed by atoms with E-state index in [9.17, 15) is 0 Å². The molecule has 2 aliphatic rings. The molecule has 1 aliphatic heterocycles. The van der Waals surface area contributed by atoms with Crippen molar-refractivity contribution >= 4 is 0 Å². The highest BCUT2D eigenvalue weighted by Gasteiger charge is 2.17. The van der Waals surface area contributed by atoms with E-state index in [4.69, 9.17) is 4.74 Å². The van der Waals surface area contributed by atoms with E-state index in [1.165, 1.54) is 5.57 Å². The van der Waals surface area contributed by atoms with Crippen molar-refractivity contribution in [2.24, 2.45) is 5.41 Å². The van der Waals surface area contributed by atoms with Crippen LogP contribution < -0.4 is 0 Å². The van der Waals surface area contributed by atoms with Crippen molar-refractivity contribution in [1.82, 2.24) is 4.90 Å². The fourth-order valence-corrected chi connectivity index (χ4v) is 1.80. The Morgan fingerprint density at radius 3 is 2.80 bits per heavy atom. The molecule has 1 aliphatic carbocycles. The van der Waals surface area contributed by atoms with Crippen LogP contribution >= 0.6 is 0 Å². The minimum absolute atomic E-state index is 0.133. The van der Waals surface area contributed by atoms with Crippen molar-refractivity contribution in [3.05, 3.63) is 35.6 Å². The van der Waals surface area contributed by atoms with Gasteiger partial charge in [-0.25, -0.2) is 0 Å². The Hall–Kier alpha value is -1.02. The van der Waals surface area contributed by atoms with E-state index in [0.717, 1.165) is 25.5 Å². The Balaban J connectivity index is 2.29. The molecule has 0 aromatic heterocycles. The van der Waals surface area contributed by atoms with Crippen LogP contribution in [0, 0.1) is 5.41 Å². The maximum Gasteiger partial charge on any atom is 0.123 e. The highest BCUT2D eigenvalue weighted by Crippen LogP contribution is 2.27. The van der Waals surface area contributed by atoms with Crippen LogP contribution in [0.15, 0.2) is 35.6 Å². The molecule has 0 saturated carbocycles. The van der Waals surface area contributed by atoms with E-state index in [1.54, 1.807) is 0 Å². The summed E-state index contributed by atoms with van der Waals surface area (Å²) in [7, 11) is 2.13. The molecule has 0 radical (unpaired) electrons. The number of allylic oxidation sites excluding steroid dienone is 3. The van der Waals surface area contributed by atoms with E-state index >= 15 is 0 Å². The van der Waals surface area contributed by atoms with Gasteiger partial charge in [-0.3, -0.25) is 4.90 Å². The highest BCUT2D eigenvalue weighted by atomic mass is 16.5. The minimum atomic E-state index is 0.133. The lowest BCUT2D eigenvalue weighted by Gasteiger charge is -2.14. The lowest BCUT2D eigenvalue weighted by molar-refractivity contribution is 0.202. The number of nitrogens with zero attached hydrogens (tertiary/aromatic N) is 1. The van der Waals surface area contributed by atoms with Crippen molar-refractivity contribution < 1.29 is 4.74 Å². The summed E-state index contributed by atoms with van der Waals surface area (Å²) in [5.41, 5.74) is 1.42. The molecule has 0 amide bonds. The van der Waals surface area contributed by atoms with Crippen LogP contribution in [0.2, 0.25) is 0 Å². The van der Waals surface area contributed by atoms with Gasteiger partial charge in [0.15, 0.2) is 0 Å². The third kappa shape index (κ3) is 2.51. The molecule has 0 saturated heterocycles. The maximum atomic E-state index is 5.75. The van der Waals surface area contributed by atoms with Gasteiger partial charge in [-0.15, -0.1) is 0 Å². The first-order valence-corrected chi connectivity index (χ1v) is 5.50. The Morgan fingerprint density at radius 2 is 2.00 bits per heavy atom. The summed E-state index contributed by atoms with van der Waals surface area (Å²) >= 11 is 0. The minimum Gasteiger partial charge on any atom is -0.492 e. The smallest absolute Gasteiger partial charge is 0.123 e. The van der Waals surface area contributed by atoms with Gasteiger partial charge in [0.2, 0.25) is 0 Å². The summed E-state index contributed by atoms with van der Waals surface area (Å²) in [6.45, 7) is 7.17. The van der Waals surface area contributed by atoms with E-state index in [2.05, 4.69) is 50.1 Å². The summed E-state index contributed by atoms with van der Waals surface area (Å²) in [6, 6.07) is 0. The zero-order valence-electron chi connectivity index (χ0n) is 9.79. The molecule has 0 bridgehead atoms. The molecule has 0 aromatic rings. The van der Waals surface area contributed by atoms with E-state index < -0.39 is 0 Å². The van der Waals surface area contributed by atoms with Crippen LogP contribution in [-0.4, -0.2) is 31.6 Å². The fourth-order valence-electron chi connectivity index (χ4n) is 1.80. The second kappa shape index (κ2) is 3.86. The SMILES string of the molecule is CN1CCOC2=C(C=CC(C)(C)C=C2)C1. The molecule has 82 valence electrons. The maximum absolute atomic E-state index is 5.75. The van der Waals surface area contributed by atoms with Gasteiger partial charge >= 0.3 is 0 Å². The second-order valence-electron chi connectivity index (χ2n) is 4.96. The van der Waals surface area contributed by atoms with Crippen molar-refractivity contribution in [2.45, 2.75) is 13.8 Å². The average Bonchev–Trinajstić information content (AvgIpc) is 2.40. The standard InChI is InChI=1S/C13H19NO/c1-13(2)6-4-11-10-14(3)8-9-15-12(11)5-7-13/h4-7H,8-10H2,1-3H3. The molecule has 2 rings (SSSR count). The Kier molecular flexibility index (Phi) is 2.70. The van der Waals surface area contributed by atoms with Crippen molar-refractivity contribution in [2.75, 3.05) is 26.7 Å². The van der Waals surface area contributed by atoms with Gasteiger partial charge < -0.3 is 4.74 Å². The molecular formula is C13H19NO. The predicted molar refractivity (Wildman–Crippen MR) is 62.5 cm³/mol. The monoisotopic (exact) mass is 205 g/mol. The second-order valence-corrected chi connectivity index (χ2v) is 4.96. The number of hydrogen-bond donors (Lipinski definition) is 0. The lowest BCUT2D eigenvalue weighted by Crippen LogP contribution is -2.22. The van der Waals surface area contributed by atoms with E-state index in [-0.39, 0.29) is 5.41 Å². The summed E-state index contributed by atoms with van der Waals surface area (Å²) in [5.74, 6) is 1.04. The predicted octanol–water partition coefficient (Wildman–Crippen LogP) is 2.35. The highest BCUT2D eigenvalue weighted by molar-refractivity contribution is 5.36. The lowest BCUT2D eigenvalue weighted by atomic mass is 9.93. The first-order chi connectivity index (χ1) is 7.07. The molecule has 0 unspecified atom stereocenters. The Morgan fingerprint density at radius 1 is 1.27 bits per heavy atom. The van der Waals surface area contributed by atoms with Crippen LogP contribution in [0.5, 0.6) is 0 Å². The normalized spacial score (nSPS) is 25.5. The number of rotatable bonds is 0. The summed E-state index contributed by atoms with van der Waals surface area (Å²) in [6.07, 6.45) is 8.77. The van der Waals surface area contributed by atoms with Crippen LogP contribution in [0.1, 0.15) is 13.8 Å². The van der Waals surface area contributed by atoms with Gasteiger partial charge in [0.25, 0.3) is 0 Å². The third-order valence-corrected chi connectivity index (χ3v) is 2.87. The van der Waals surface area contributed by atoms with Gasteiger partial charge in [-0.2, -0.15) is 0 Å². The third-order valence-electron chi connectivity index (χ3n) is 2.87. The van der Waals surface area contributed by atoms with E-state index in [1.807, 2.05) is 0 Å². The molecule has 2 heteroatoms.